The van der Waals surface area contributed by atoms with E-state index in [9.17, 15) is 0 Å². The lowest BCUT2D eigenvalue weighted by atomic mass is 10.1. The van der Waals surface area contributed by atoms with Gasteiger partial charge in [-0.05, 0) is 49.7 Å². The quantitative estimate of drug-likeness (QED) is 0.643. The van der Waals surface area contributed by atoms with Gasteiger partial charge in [-0.2, -0.15) is 0 Å². The molecule has 1 aromatic carbocycles. The van der Waals surface area contributed by atoms with Crippen LogP contribution >= 0.6 is 27.9 Å². The van der Waals surface area contributed by atoms with Crippen LogP contribution in [0.15, 0.2) is 27.6 Å². The fraction of sp³-hybridized carbons (Fsp3) is 0.333. The van der Waals surface area contributed by atoms with Crippen molar-refractivity contribution in [3.05, 3.63) is 28.2 Å². The summed E-state index contributed by atoms with van der Waals surface area (Å²) in [5.74, 6) is 0. The molecule has 1 nitrogen and oxygen atoms in total. The van der Waals surface area contributed by atoms with Crippen LogP contribution in [0.3, 0.4) is 0 Å². The highest BCUT2D eigenvalue weighted by Gasteiger charge is 2.24. The number of hydrogen-bond donors (Lipinski definition) is 0. The molecule has 0 spiro atoms. The molecular weight excluding hydrogens is 234 g/mol. The first-order chi connectivity index (χ1) is 5.68. The molecule has 0 amide bonds. The van der Waals surface area contributed by atoms with Crippen LogP contribution in [0, 0.1) is 0 Å². The summed E-state index contributed by atoms with van der Waals surface area (Å²) in [5.41, 5.74) is 1.43. The van der Waals surface area contributed by atoms with E-state index in [4.69, 9.17) is 0 Å². The number of hydrogen-bond acceptors (Lipinski definition) is 2. The number of nitrogens with zero attached hydrogens (tertiary/aromatic N) is 1. The van der Waals surface area contributed by atoms with E-state index in [1.807, 2.05) is 11.9 Å². The molecule has 1 aliphatic rings. The van der Waals surface area contributed by atoms with Crippen molar-refractivity contribution in [2.45, 2.75) is 17.9 Å². The molecule has 0 radical (unpaired) electrons. The molecule has 3 heteroatoms. The molecule has 64 valence electrons. The van der Waals surface area contributed by atoms with Gasteiger partial charge in [0.25, 0.3) is 0 Å². The van der Waals surface area contributed by atoms with Crippen molar-refractivity contribution < 1.29 is 0 Å². The zero-order chi connectivity index (χ0) is 8.72. The minimum Gasteiger partial charge on any atom is -0.242 e. The van der Waals surface area contributed by atoms with E-state index in [-0.39, 0.29) is 0 Å². The van der Waals surface area contributed by atoms with Gasteiger partial charge >= 0.3 is 0 Å². The molecule has 1 unspecified atom stereocenters. The smallest absolute Gasteiger partial charge is 0.0436 e. The molecule has 0 N–H and O–H groups in total. The van der Waals surface area contributed by atoms with Gasteiger partial charge in [0, 0.05) is 15.4 Å². The largest absolute Gasteiger partial charge is 0.242 e. The zero-order valence-electron chi connectivity index (χ0n) is 7.04. The Morgan fingerprint density at radius 1 is 1.50 bits per heavy atom. The van der Waals surface area contributed by atoms with Crippen LogP contribution in [-0.2, 0) is 0 Å². The monoisotopic (exact) mass is 243 g/mol. The van der Waals surface area contributed by atoms with Gasteiger partial charge in [0.2, 0.25) is 0 Å². The molecule has 1 heterocycles. The van der Waals surface area contributed by atoms with Gasteiger partial charge in [-0.3, -0.25) is 0 Å². The molecule has 1 atom stereocenters. The average Bonchev–Trinajstić information content (AvgIpc) is 2.31. The summed E-state index contributed by atoms with van der Waals surface area (Å²) in [6.45, 7) is 2.23. The Labute approximate surface area is 85.4 Å². The lowest BCUT2D eigenvalue weighted by Crippen LogP contribution is -2.07. The fourth-order valence-electron chi connectivity index (χ4n) is 1.36. The first kappa shape index (κ1) is 8.60. The normalized spacial score (nSPS) is 22.8. The second-order valence-corrected chi connectivity index (χ2v) is 5.11. The topological polar surface area (TPSA) is 3.24 Å². The van der Waals surface area contributed by atoms with Gasteiger partial charge in [0.1, 0.15) is 0 Å². The number of benzene rings is 1. The van der Waals surface area contributed by atoms with Gasteiger partial charge in [0.15, 0.2) is 0 Å². The third-order valence-electron chi connectivity index (χ3n) is 2.21. The molecular formula is C9H10BrNS. The highest BCUT2D eigenvalue weighted by Crippen LogP contribution is 2.43. The van der Waals surface area contributed by atoms with Crippen LogP contribution in [0.5, 0.6) is 0 Å². The fourth-order valence-corrected chi connectivity index (χ4v) is 2.78. The molecule has 12 heavy (non-hydrogen) atoms. The Morgan fingerprint density at radius 2 is 2.25 bits per heavy atom. The molecule has 0 bridgehead atoms. The van der Waals surface area contributed by atoms with E-state index in [0.717, 1.165) is 0 Å². The highest BCUT2D eigenvalue weighted by molar-refractivity contribution is 9.10. The van der Waals surface area contributed by atoms with Gasteiger partial charge in [-0.1, -0.05) is 15.9 Å². The lowest BCUT2D eigenvalue weighted by molar-refractivity contribution is 0.467. The van der Waals surface area contributed by atoms with E-state index < -0.39 is 0 Å². The van der Waals surface area contributed by atoms with Crippen LogP contribution < -0.4 is 0 Å². The Balaban J connectivity index is 2.48. The van der Waals surface area contributed by atoms with Gasteiger partial charge in [0.05, 0.1) is 0 Å². The van der Waals surface area contributed by atoms with Crippen molar-refractivity contribution in [1.29, 1.82) is 0 Å². The van der Waals surface area contributed by atoms with Crippen LogP contribution in [0.2, 0.25) is 0 Å². The Hall–Kier alpha value is 0.01000. The molecule has 1 aromatic rings. The second kappa shape index (κ2) is 3.05. The van der Waals surface area contributed by atoms with Crippen molar-refractivity contribution >= 4 is 27.9 Å². The minimum absolute atomic E-state index is 0.530. The lowest BCUT2D eigenvalue weighted by Gasteiger charge is -2.12. The zero-order valence-corrected chi connectivity index (χ0v) is 9.45. The van der Waals surface area contributed by atoms with E-state index in [0.29, 0.717) is 6.04 Å². The van der Waals surface area contributed by atoms with Crippen LogP contribution in [0.25, 0.3) is 0 Å². The summed E-state index contributed by atoms with van der Waals surface area (Å²) in [6.07, 6.45) is 0. The summed E-state index contributed by atoms with van der Waals surface area (Å²) in [4.78, 5) is 1.38. The second-order valence-electron chi connectivity index (χ2n) is 3.00. The summed E-state index contributed by atoms with van der Waals surface area (Å²) < 4.78 is 3.45. The highest BCUT2D eigenvalue weighted by atomic mass is 79.9. The Kier molecular flexibility index (Phi) is 2.19. The third kappa shape index (κ3) is 1.30. The first-order valence-corrected chi connectivity index (χ1v) is 5.45. The predicted octanol–water partition coefficient (Wildman–Crippen LogP) is 3.46. The van der Waals surface area contributed by atoms with Crippen molar-refractivity contribution in [3.8, 4) is 0 Å². The number of halogens is 1. The third-order valence-corrected chi connectivity index (χ3v) is 3.88. The Morgan fingerprint density at radius 3 is 3.00 bits per heavy atom. The number of rotatable bonds is 0. The molecule has 0 saturated carbocycles. The maximum atomic E-state index is 3.48. The molecule has 0 aliphatic carbocycles. The van der Waals surface area contributed by atoms with Crippen LogP contribution in [0.1, 0.15) is 18.5 Å². The summed E-state index contributed by atoms with van der Waals surface area (Å²) in [7, 11) is 2.13. The van der Waals surface area contributed by atoms with Crippen molar-refractivity contribution in [3.63, 3.8) is 0 Å². The summed E-state index contributed by atoms with van der Waals surface area (Å²) in [6, 6.07) is 7.00. The first-order valence-electron chi connectivity index (χ1n) is 3.89. The molecule has 2 rings (SSSR count). The molecule has 0 fully saturated rings. The maximum absolute atomic E-state index is 3.48. The van der Waals surface area contributed by atoms with E-state index in [1.54, 1.807) is 0 Å². The minimum atomic E-state index is 0.530. The summed E-state index contributed by atoms with van der Waals surface area (Å²) >= 11 is 5.30. The van der Waals surface area contributed by atoms with Gasteiger partial charge in [-0.15, -0.1) is 0 Å². The van der Waals surface area contributed by atoms with Gasteiger partial charge < -0.3 is 0 Å². The van der Waals surface area contributed by atoms with Crippen molar-refractivity contribution in [2.75, 3.05) is 7.05 Å². The maximum Gasteiger partial charge on any atom is 0.0436 e. The summed E-state index contributed by atoms with van der Waals surface area (Å²) in [5, 5.41) is 0. The van der Waals surface area contributed by atoms with Crippen LogP contribution in [0.4, 0.5) is 0 Å². The Bertz CT molecular complexity index is 313. The SMILES string of the molecule is CC1c2cc(Br)ccc2SN1C. The molecule has 0 aromatic heterocycles. The van der Waals surface area contributed by atoms with E-state index in [1.165, 1.54) is 14.9 Å². The molecule has 0 saturated heterocycles. The van der Waals surface area contributed by atoms with Crippen molar-refractivity contribution in [1.82, 2.24) is 4.31 Å². The van der Waals surface area contributed by atoms with E-state index >= 15 is 0 Å². The average molecular weight is 244 g/mol. The molecule has 1 aliphatic heterocycles. The van der Waals surface area contributed by atoms with Crippen LogP contribution in [-0.4, -0.2) is 11.4 Å². The van der Waals surface area contributed by atoms with Gasteiger partial charge in [-0.25, -0.2) is 4.31 Å². The number of fused-ring (bicyclic) bond motifs is 1. The predicted molar refractivity (Wildman–Crippen MR) is 56.2 cm³/mol. The standard InChI is InChI=1S/C9H10BrNS/c1-6-8-5-7(10)3-4-9(8)12-11(6)2/h3-6H,1-2H3. The van der Waals surface area contributed by atoms with Crippen molar-refractivity contribution in [2.24, 2.45) is 0 Å². The van der Waals surface area contributed by atoms with E-state index in [2.05, 4.69) is 52.4 Å².